The smallest absolute Gasteiger partial charge is 0.188 e. The van der Waals surface area contributed by atoms with Crippen molar-refractivity contribution in [1.82, 2.24) is 4.98 Å². The molecule has 3 aromatic rings. The molecule has 0 saturated carbocycles. The van der Waals surface area contributed by atoms with Crippen molar-refractivity contribution in [2.45, 2.75) is 12.0 Å². The Hall–Kier alpha value is -2.93. The number of benzene rings is 2. The zero-order chi connectivity index (χ0) is 20.5. The van der Waals surface area contributed by atoms with Crippen molar-refractivity contribution in [3.05, 3.63) is 89.7 Å². The Morgan fingerprint density at radius 3 is 1.72 bits per heavy atom. The van der Waals surface area contributed by atoms with Crippen LogP contribution < -0.4 is 9.47 Å². The molecular formula is C23H25NO5. The highest BCUT2D eigenvalue weighted by molar-refractivity contribution is 5.50. The molecule has 0 saturated heterocycles. The lowest BCUT2D eigenvalue weighted by Crippen LogP contribution is -2.31. The average Bonchev–Trinajstić information content (AvgIpc) is 2.77. The van der Waals surface area contributed by atoms with Gasteiger partial charge >= 0.3 is 0 Å². The summed E-state index contributed by atoms with van der Waals surface area (Å²) >= 11 is 0. The van der Waals surface area contributed by atoms with E-state index in [0.717, 1.165) is 5.56 Å². The summed E-state index contributed by atoms with van der Waals surface area (Å²) < 4.78 is 21.6. The molecule has 0 aliphatic carbocycles. The Labute approximate surface area is 170 Å². The molecule has 2 aromatic carbocycles. The van der Waals surface area contributed by atoms with E-state index in [1.165, 1.54) is 0 Å². The second kappa shape index (κ2) is 10.0. The quantitative estimate of drug-likeness (QED) is 0.530. The average molecular weight is 395 g/mol. The first-order valence-electron chi connectivity index (χ1n) is 9.23. The van der Waals surface area contributed by atoms with Gasteiger partial charge < -0.3 is 24.1 Å². The molecule has 3 rings (SSSR count). The summed E-state index contributed by atoms with van der Waals surface area (Å²) in [4.78, 5) is 4.07. The highest BCUT2D eigenvalue weighted by atomic mass is 16.7. The maximum Gasteiger partial charge on any atom is 0.188 e. The normalized spacial score (nSPS) is 11.3. The second-order valence-corrected chi connectivity index (χ2v) is 6.49. The lowest BCUT2D eigenvalue weighted by molar-refractivity contribution is 0.0324. The van der Waals surface area contributed by atoms with Crippen LogP contribution >= 0.6 is 0 Å². The third-order valence-corrected chi connectivity index (χ3v) is 4.54. The highest BCUT2D eigenvalue weighted by Gasteiger charge is 2.37. The van der Waals surface area contributed by atoms with E-state index in [9.17, 15) is 5.11 Å². The van der Waals surface area contributed by atoms with E-state index in [1.54, 1.807) is 26.6 Å². The number of ether oxygens (including phenoxy) is 4. The van der Waals surface area contributed by atoms with E-state index in [0.29, 0.717) is 29.0 Å². The number of methoxy groups -OCH3 is 2. The lowest BCUT2D eigenvalue weighted by atomic mass is 9.80. The van der Waals surface area contributed by atoms with Crippen LogP contribution in [0.2, 0.25) is 0 Å². The maximum atomic E-state index is 12.1. The Balaban J connectivity index is 2.14. The van der Waals surface area contributed by atoms with E-state index < -0.39 is 5.60 Å². The zero-order valence-electron chi connectivity index (χ0n) is 16.6. The van der Waals surface area contributed by atoms with Crippen molar-refractivity contribution in [3.8, 4) is 11.5 Å². The number of para-hydroxylation sites is 2. The van der Waals surface area contributed by atoms with Crippen LogP contribution in [0.3, 0.4) is 0 Å². The van der Waals surface area contributed by atoms with E-state index in [4.69, 9.17) is 18.9 Å². The highest BCUT2D eigenvalue weighted by Crippen LogP contribution is 2.42. The molecule has 1 N–H and O–H groups in total. The van der Waals surface area contributed by atoms with Crippen molar-refractivity contribution >= 4 is 0 Å². The van der Waals surface area contributed by atoms with Gasteiger partial charge in [0, 0.05) is 44.2 Å². The summed E-state index contributed by atoms with van der Waals surface area (Å²) in [5, 5.41) is 12.1. The molecule has 29 heavy (non-hydrogen) atoms. The molecule has 0 aliphatic heterocycles. The van der Waals surface area contributed by atoms with Gasteiger partial charge in [-0.15, -0.1) is 0 Å². The zero-order valence-corrected chi connectivity index (χ0v) is 16.6. The van der Waals surface area contributed by atoms with E-state index >= 15 is 0 Å². The van der Waals surface area contributed by atoms with Crippen molar-refractivity contribution in [3.63, 3.8) is 0 Å². The fourth-order valence-corrected chi connectivity index (χ4v) is 3.24. The molecule has 1 heterocycles. The number of hydrogen-bond donors (Lipinski definition) is 1. The molecule has 0 unspecified atom stereocenters. The van der Waals surface area contributed by atoms with E-state index in [1.807, 2.05) is 60.7 Å². The fourth-order valence-electron chi connectivity index (χ4n) is 3.24. The molecular weight excluding hydrogens is 370 g/mol. The Kier molecular flexibility index (Phi) is 7.19. The molecule has 0 bridgehead atoms. The predicted octanol–water partition coefficient (Wildman–Crippen LogP) is 3.53. The predicted molar refractivity (Wildman–Crippen MR) is 109 cm³/mol. The van der Waals surface area contributed by atoms with Crippen molar-refractivity contribution in [2.24, 2.45) is 0 Å². The van der Waals surface area contributed by atoms with Gasteiger partial charge in [-0.25, -0.2) is 0 Å². The van der Waals surface area contributed by atoms with Crippen LogP contribution in [0.4, 0.5) is 0 Å². The molecule has 0 atom stereocenters. The van der Waals surface area contributed by atoms with Gasteiger partial charge in [-0.1, -0.05) is 36.4 Å². The summed E-state index contributed by atoms with van der Waals surface area (Å²) in [6, 6.07) is 18.5. The topological polar surface area (TPSA) is 70.0 Å². The van der Waals surface area contributed by atoms with Crippen LogP contribution in [0.5, 0.6) is 11.5 Å². The summed E-state index contributed by atoms with van der Waals surface area (Å²) in [6.45, 7) is 0.147. The van der Waals surface area contributed by atoms with Gasteiger partial charge in [0.15, 0.2) is 13.6 Å². The molecule has 6 heteroatoms. The van der Waals surface area contributed by atoms with Crippen molar-refractivity contribution in [1.29, 1.82) is 0 Å². The third-order valence-electron chi connectivity index (χ3n) is 4.54. The van der Waals surface area contributed by atoms with Gasteiger partial charge in [-0.3, -0.25) is 4.98 Å². The minimum atomic E-state index is -1.42. The van der Waals surface area contributed by atoms with Crippen LogP contribution in [-0.4, -0.2) is 37.9 Å². The number of nitrogens with zero attached hydrogens (tertiary/aromatic N) is 1. The van der Waals surface area contributed by atoms with Gasteiger partial charge in [0.2, 0.25) is 0 Å². The maximum absolute atomic E-state index is 12.1. The van der Waals surface area contributed by atoms with Crippen LogP contribution in [0.1, 0.15) is 16.7 Å². The molecule has 0 radical (unpaired) electrons. The summed E-state index contributed by atoms with van der Waals surface area (Å²) in [5.74, 6) is 1.07. The molecule has 152 valence electrons. The Bertz CT molecular complexity index is 849. The molecule has 0 fully saturated rings. The largest absolute Gasteiger partial charge is 0.467 e. The number of aromatic nitrogens is 1. The van der Waals surface area contributed by atoms with Gasteiger partial charge in [-0.2, -0.15) is 0 Å². The molecule has 6 nitrogen and oxygen atoms in total. The molecule has 0 spiro atoms. The van der Waals surface area contributed by atoms with Crippen LogP contribution in [0.15, 0.2) is 73.1 Å². The summed E-state index contributed by atoms with van der Waals surface area (Å²) in [7, 11) is 3.11. The van der Waals surface area contributed by atoms with Crippen LogP contribution in [0, 0.1) is 0 Å². The molecule has 0 aliphatic rings. The third kappa shape index (κ3) is 4.92. The summed E-state index contributed by atoms with van der Waals surface area (Å²) in [6.07, 6.45) is 3.71. The number of pyridine rings is 1. The van der Waals surface area contributed by atoms with Crippen LogP contribution in [-0.2, 0) is 21.5 Å². The van der Waals surface area contributed by atoms with Crippen molar-refractivity contribution in [2.75, 3.05) is 27.8 Å². The lowest BCUT2D eigenvalue weighted by Gasteiger charge is -2.32. The van der Waals surface area contributed by atoms with E-state index in [-0.39, 0.29) is 13.6 Å². The minimum Gasteiger partial charge on any atom is -0.467 e. The van der Waals surface area contributed by atoms with Crippen LogP contribution in [0.25, 0.3) is 0 Å². The minimum absolute atomic E-state index is 0.0736. The van der Waals surface area contributed by atoms with Gasteiger partial charge in [0.05, 0.1) is 0 Å². The first-order chi connectivity index (χ1) is 14.2. The number of aliphatic hydroxyl groups is 1. The fraction of sp³-hybridized carbons (Fsp3) is 0.261. The SMILES string of the molecule is COCOc1ccccc1C(O)(Cc1ccncc1)c1ccccc1OCOC. The summed E-state index contributed by atoms with van der Waals surface area (Å²) in [5.41, 5.74) is 0.728. The monoisotopic (exact) mass is 395 g/mol. The molecule has 1 aromatic heterocycles. The standard InChI is InChI=1S/C23H25NO5/c1-26-16-28-21-9-5-3-7-19(21)23(25,15-18-11-13-24-14-12-18)20-8-4-6-10-22(20)29-17-27-2/h3-14,25H,15-17H2,1-2H3. The molecule has 0 amide bonds. The van der Waals surface area contributed by atoms with Crippen molar-refractivity contribution < 1.29 is 24.1 Å². The van der Waals surface area contributed by atoms with E-state index in [2.05, 4.69) is 4.98 Å². The Morgan fingerprint density at radius 1 is 0.759 bits per heavy atom. The van der Waals surface area contributed by atoms with Gasteiger partial charge in [-0.05, 0) is 29.8 Å². The van der Waals surface area contributed by atoms with Gasteiger partial charge in [0.25, 0.3) is 0 Å². The number of hydrogen-bond acceptors (Lipinski definition) is 6. The first kappa shape index (κ1) is 20.8. The number of rotatable bonds is 10. The van der Waals surface area contributed by atoms with Gasteiger partial charge in [0.1, 0.15) is 17.1 Å². The second-order valence-electron chi connectivity index (χ2n) is 6.49. The Morgan fingerprint density at radius 2 is 1.24 bits per heavy atom. The first-order valence-corrected chi connectivity index (χ1v) is 9.23.